The van der Waals surface area contributed by atoms with Crippen LogP contribution >= 0.6 is 0 Å². The van der Waals surface area contributed by atoms with Crippen molar-refractivity contribution in [3.63, 3.8) is 0 Å². The number of likely N-dealkylation sites (tertiary alicyclic amines) is 1. The molecule has 0 bridgehead atoms. The number of rotatable bonds is 6. The van der Waals surface area contributed by atoms with Gasteiger partial charge in [-0.2, -0.15) is 0 Å². The Labute approximate surface area is 162 Å². The van der Waals surface area contributed by atoms with E-state index in [2.05, 4.69) is 18.9 Å². The monoisotopic (exact) mass is 366 g/mol. The predicted molar refractivity (Wildman–Crippen MR) is 109 cm³/mol. The highest BCUT2D eigenvalue weighted by Crippen LogP contribution is 2.24. The van der Waals surface area contributed by atoms with Gasteiger partial charge in [-0.1, -0.05) is 36.4 Å². The van der Waals surface area contributed by atoms with E-state index < -0.39 is 0 Å². The predicted octanol–water partition coefficient (Wildman–Crippen LogP) is 4.07. The molecule has 2 aromatic carbocycles. The number of carbonyl (C=O) groups excluding carboxylic acids is 1. The molecule has 0 aromatic heterocycles. The zero-order valence-electron chi connectivity index (χ0n) is 16.6. The molecule has 4 heteroatoms. The van der Waals surface area contributed by atoms with Crippen LogP contribution in [0.3, 0.4) is 0 Å². The lowest BCUT2D eigenvalue weighted by atomic mass is 9.89. The minimum Gasteiger partial charge on any atom is -0.489 e. The number of hydrogen-bond acceptors (Lipinski definition) is 3. The Morgan fingerprint density at radius 3 is 2.44 bits per heavy atom. The summed E-state index contributed by atoms with van der Waals surface area (Å²) in [5.41, 5.74) is 1.66. The van der Waals surface area contributed by atoms with Gasteiger partial charge >= 0.3 is 0 Å². The number of carbonyl (C=O) groups is 1. The first-order valence-corrected chi connectivity index (χ1v) is 9.77. The van der Waals surface area contributed by atoms with Crippen molar-refractivity contribution in [2.75, 3.05) is 27.2 Å². The molecule has 1 aliphatic heterocycles. The van der Waals surface area contributed by atoms with Gasteiger partial charge in [0.1, 0.15) is 12.4 Å². The highest BCUT2D eigenvalue weighted by atomic mass is 16.5. The van der Waals surface area contributed by atoms with Crippen LogP contribution in [0.4, 0.5) is 0 Å². The highest BCUT2D eigenvalue weighted by molar-refractivity contribution is 5.95. The Kier molecular flexibility index (Phi) is 6.51. The normalized spacial score (nSPS) is 16.7. The van der Waals surface area contributed by atoms with Crippen molar-refractivity contribution < 1.29 is 9.53 Å². The van der Waals surface area contributed by atoms with Gasteiger partial charge in [0.15, 0.2) is 0 Å². The fourth-order valence-electron chi connectivity index (χ4n) is 3.73. The number of amides is 1. The molecular formula is C23H30N2O2. The lowest BCUT2D eigenvalue weighted by molar-refractivity contribution is 0.0634. The number of ether oxygens (including phenoxy) is 1. The molecule has 0 N–H and O–H groups in total. The maximum atomic E-state index is 13.2. The van der Waals surface area contributed by atoms with E-state index in [0.717, 1.165) is 42.8 Å². The Morgan fingerprint density at radius 1 is 1.11 bits per heavy atom. The lowest BCUT2D eigenvalue weighted by Gasteiger charge is -2.37. The van der Waals surface area contributed by atoms with Gasteiger partial charge in [-0.3, -0.25) is 4.79 Å². The molecule has 0 aliphatic carbocycles. The molecule has 27 heavy (non-hydrogen) atoms. The van der Waals surface area contributed by atoms with Gasteiger partial charge in [0.25, 0.3) is 5.91 Å². The molecular weight excluding hydrogens is 336 g/mol. The van der Waals surface area contributed by atoms with E-state index in [4.69, 9.17) is 4.74 Å². The van der Waals surface area contributed by atoms with Crippen LogP contribution in [-0.2, 0) is 6.61 Å². The number of nitrogens with zero attached hydrogens (tertiary/aromatic N) is 2. The molecule has 1 heterocycles. The second-order valence-corrected chi connectivity index (χ2v) is 7.56. The van der Waals surface area contributed by atoms with Crippen LogP contribution in [0.15, 0.2) is 54.6 Å². The minimum atomic E-state index is 0.0775. The fraction of sp³-hybridized carbons (Fsp3) is 0.435. The summed E-state index contributed by atoms with van der Waals surface area (Å²) in [6.45, 7) is 4.79. The van der Waals surface area contributed by atoms with Crippen molar-refractivity contribution in [1.82, 2.24) is 9.80 Å². The van der Waals surface area contributed by atoms with Crippen LogP contribution in [0, 0.1) is 5.92 Å². The van der Waals surface area contributed by atoms with Gasteiger partial charge in [0.05, 0.1) is 0 Å². The topological polar surface area (TPSA) is 32.8 Å². The van der Waals surface area contributed by atoms with Gasteiger partial charge in [-0.05, 0) is 64.0 Å². The Hall–Kier alpha value is -2.33. The highest BCUT2D eigenvalue weighted by Gasteiger charge is 2.28. The van der Waals surface area contributed by atoms with Crippen LogP contribution in [0.2, 0.25) is 0 Å². The molecule has 1 fully saturated rings. The van der Waals surface area contributed by atoms with E-state index in [-0.39, 0.29) is 11.9 Å². The molecule has 4 nitrogen and oxygen atoms in total. The molecule has 144 valence electrons. The first-order chi connectivity index (χ1) is 13.1. The van der Waals surface area contributed by atoms with Gasteiger partial charge in [0, 0.05) is 24.2 Å². The minimum absolute atomic E-state index is 0.0775. The molecule has 1 atom stereocenters. The second kappa shape index (κ2) is 9.05. The third-order valence-electron chi connectivity index (χ3n) is 5.76. The molecule has 0 saturated carbocycles. The first-order valence-electron chi connectivity index (χ1n) is 9.77. The van der Waals surface area contributed by atoms with Gasteiger partial charge < -0.3 is 14.5 Å². The zero-order chi connectivity index (χ0) is 19.2. The molecule has 0 spiro atoms. The molecule has 1 amide bonds. The van der Waals surface area contributed by atoms with Gasteiger partial charge in [-0.15, -0.1) is 0 Å². The largest absolute Gasteiger partial charge is 0.489 e. The maximum absolute atomic E-state index is 13.2. The van der Waals surface area contributed by atoms with Crippen molar-refractivity contribution in [2.45, 2.75) is 32.4 Å². The summed E-state index contributed by atoms with van der Waals surface area (Å²) in [6.07, 6.45) is 2.29. The fourth-order valence-corrected chi connectivity index (χ4v) is 3.73. The third kappa shape index (κ3) is 4.89. The summed E-state index contributed by atoms with van der Waals surface area (Å²) in [4.78, 5) is 17.5. The average Bonchev–Trinajstić information content (AvgIpc) is 2.72. The first kappa shape index (κ1) is 19.4. The van der Waals surface area contributed by atoms with Gasteiger partial charge in [0.2, 0.25) is 0 Å². The molecule has 1 unspecified atom stereocenters. The summed E-state index contributed by atoms with van der Waals surface area (Å²) in [5.74, 6) is 1.45. The van der Waals surface area contributed by atoms with Crippen molar-refractivity contribution in [3.8, 4) is 5.75 Å². The molecule has 1 aliphatic rings. The average molecular weight is 367 g/mol. The quantitative estimate of drug-likeness (QED) is 0.773. The molecule has 3 rings (SSSR count). The molecule has 0 radical (unpaired) electrons. The smallest absolute Gasteiger partial charge is 0.254 e. The van der Waals surface area contributed by atoms with Crippen molar-refractivity contribution in [2.24, 2.45) is 5.92 Å². The van der Waals surface area contributed by atoms with E-state index in [1.54, 1.807) is 0 Å². The molecule has 1 saturated heterocycles. The Bertz CT molecular complexity index is 739. The number of piperidine rings is 1. The summed E-state index contributed by atoms with van der Waals surface area (Å²) >= 11 is 0. The van der Waals surface area contributed by atoms with Crippen LogP contribution in [0.25, 0.3) is 0 Å². The maximum Gasteiger partial charge on any atom is 0.254 e. The SMILES string of the molecule is CC(C1CCN(C)CC1)N(C)C(=O)c1ccccc1COc1ccccc1. The number of hydrogen-bond donors (Lipinski definition) is 0. The Morgan fingerprint density at radius 2 is 1.74 bits per heavy atom. The van der Waals surface area contributed by atoms with E-state index in [1.165, 1.54) is 0 Å². The zero-order valence-corrected chi connectivity index (χ0v) is 16.6. The standard InChI is InChI=1S/C23H30N2O2/c1-18(19-13-15-24(2)16-14-19)25(3)23(26)22-12-8-7-9-20(22)17-27-21-10-5-4-6-11-21/h4-12,18-19H,13-17H2,1-3H3. The van der Waals surface area contributed by atoms with Crippen molar-refractivity contribution in [1.29, 1.82) is 0 Å². The molecule has 2 aromatic rings. The van der Waals surface area contributed by atoms with Crippen molar-refractivity contribution >= 4 is 5.91 Å². The Balaban J connectivity index is 1.68. The van der Waals surface area contributed by atoms with E-state index in [1.807, 2.05) is 66.5 Å². The van der Waals surface area contributed by atoms with Crippen LogP contribution < -0.4 is 4.74 Å². The summed E-state index contributed by atoms with van der Waals surface area (Å²) in [7, 11) is 4.10. The second-order valence-electron chi connectivity index (χ2n) is 7.56. The summed E-state index contributed by atoms with van der Waals surface area (Å²) in [6, 6.07) is 17.7. The summed E-state index contributed by atoms with van der Waals surface area (Å²) in [5, 5.41) is 0. The number of para-hydroxylation sites is 1. The van der Waals surface area contributed by atoms with E-state index >= 15 is 0 Å². The van der Waals surface area contributed by atoms with E-state index in [0.29, 0.717) is 12.5 Å². The van der Waals surface area contributed by atoms with Crippen LogP contribution in [0.5, 0.6) is 5.75 Å². The van der Waals surface area contributed by atoms with Crippen LogP contribution in [-0.4, -0.2) is 48.9 Å². The van der Waals surface area contributed by atoms with E-state index in [9.17, 15) is 4.79 Å². The lowest BCUT2D eigenvalue weighted by Crippen LogP contribution is -2.44. The van der Waals surface area contributed by atoms with Crippen molar-refractivity contribution in [3.05, 3.63) is 65.7 Å². The third-order valence-corrected chi connectivity index (χ3v) is 5.76. The number of benzene rings is 2. The summed E-state index contributed by atoms with van der Waals surface area (Å²) < 4.78 is 5.87. The van der Waals surface area contributed by atoms with Crippen LogP contribution in [0.1, 0.15) is 35.7 Å². The van der Waals surface area contributed by atoms with Gasteiger partial charge in [-0.25, -0.2) is 0 Å².